The van der Waals surface area contributed by atoms with Gasteiger partial charge in [0.05, 0.1) is 7.11 Å². The van der Waals surface area contributed by atoms with E-state index >= 15 is 0 Å². The van der Waals surface area contributed by atoms with Crippen LogP contribution in [0.25, 0.3) is 0 Å². The third-order valence-corrected chi connectivity index (χ3v) is 4.12. The van der Waals surface area contributed by atoms with Gasteiger partial charge in [-0.05, 0) is 12.5 Å². The molecule has 1 rings (SSSR count). The van der Waals surface area contributed by atoms with Gasteiger partial charge in [0.25, 0.3) is 0 Å². The van der Waals surface area contributed by atoms with Gasteiger partial charge in [-0.15, -0.1) is 0 Å². The summed E-state index contributed by atoms with van der Waals surface area (Å²) in [5.41, 5.74) is -0.0179. The Bertz CT molecular complexity index is 546. The summed E-state index contributed by atoms with van der Waals surface area (Å²) in [7, 11) is 1.20. The zero-order valence-electron chi connectivity index (χ0n) is 15.4. The maximum atomic E-state index is 12.0. The highest BCUT2D eigenvalue weighted by Gasteiger charge is 2.23. The molecular weight excluding hydrogens is 320 g/mol. The fourth-order valence-corrected chi connectivity index (χ4v) is 2.70. The van der Waals surface area contributed by atoms with Crippen molar-refractivity contribution in [3.8, 4) is 0 Å². The molecule has 0 saturated heterocycles. The number of anilines is 1. The summed E-state index contributed by atoms with van der Waals surface area (Å²) < 4.78 is 4.99. The van der Waals surface area contributed by atoms with Gasteiger partial charge >= 0.3 is 11.7 Å². The summed E-state index contributed by atoms with van der Waals surface area (Å²) in [6, 6.07) is 3.00. The monoisotopic (exact) mass is 350 g/mol. The summed E-state index contributed by atoms with van der Waals surface area (Å²) in [5.74, 6) is -0.965. The summed E-state index contributed by atoms with van der Waals surface area (Å²) in [4.78, 5) is 23.7. The minimum atomic E-state index is -0.769. The molecule has 0 aliphatic rings. The smallest absolute Gasteiger partial charge is 0.407 e. The third kappa shape index (κ3) is 8.01. The molecule has 0 aliphatic heterocycles. The predicted molar refractivity (Wildman–Crippen MR) is 97.2 cm³/mol. The van der Waals surface area contributed by atoms with Gasteiger partial charge in [-0.1, -0.05) is 58.3 Å². The Morgan fingerprint density at radius 1 is 1.08 bits per heavy atom. The van der Waals surface area contributed by atoms with E-state index in [-0.39, 0.29) is 17.3 Å². The Labute approximate surface area is 150 Å². The van der Waals surface area contributed by atoms with Crippen LogP contribution in [0.15, 0.2) is 18.3 Å². The van der Waals surface area contributed by atoms with Crippen molar-refractivity contribution in [2.24, 2.45) is 0 Å². The zero-order chi connectivity index (χ0) is 18.5. The van der Waals surface area contributed by atoms with E-state index in [1.165, 1.54) is 64.0 Å². The van der Waals surface area contributed by atoms with E-state index in [9.17, 15) is 14.8 Å². The van der Waals surface area contributed by atoms with Gasteiger partial charge in [0.1, 0.15) is 5.69 Å². The number of amides is 1. The Morgan fingerprint density at radius 2 is 1.68 bits per heavy atom. The second-order valence-corrected chi connectivity index (χ2v) is 6.21. The number of methoxy groups -OCH3 is 1. The minimum Gasteiger partial charge on any atom is -0.618 e. The van der Waals surface area contributed by atoms with Crippen molar-refractivity contribution in [3.63, 3.8) is 0 Å². The van der Waals surface area contributed by atoms with Gasteiger partial charge in [-0.3, -0.25) is 4.79 Å². The summed E-state index contributed by atoms with van der Waals surface area (Å²) in [6.45, 7) is 2.21. The van der Waals surface area contributed by atoms with Crippen LogP contribution in [0.3, 0.4) is 0 Å². The van der Waals surface area contributed by atoms with Crippen molar-refractivity contribution in [1.29, 1.82) is 0 Å². The highest BCUT2D eigenvalue weighted by Crippen LogP contribution is 2.14. The number of pyridine rings is 1. The molecule has 1 amide bonds. The molecule has 0 bridgehead atoms. The molecule has 6 nitrogen and oxygen atoms in total. The molecule has 0 fully saturated rings. The van der Waals surface area contributed by atoms with Gasteiger partial charge in [0.15, 0.2) is 6.20 Å². The van der Waals surface area contributed by atoms with Crippen molar-refractivity contribution in [2.45, 2.75) is 71.1 Å². The lowest BCUT2D eigenvalue weighted by atomic mass is 10.1. The second kappa shape index (κ2) is 12.3. The summed E-state index contributed by atoms with van der Waals surface area (Å²) in [5, 5.41) is 14.3. The Morgan fingerprint density at radius 3 is 2.28 bits per heavy atom. The van der Waals surface area contributed by atoms with Crippen LogP contribution in [-0.2, 0) is 9.53 Å². The van der Waals surface area contributed by atoms with E-state index in [1.807, 2.05) is 0 Å². The van der Waals surface area contributed by atoms with Crippen molar-refractivity contribution in [3.05, 3.63) is 29.2 Å². The lowest BCUT2D eigenvalue weighted by molar-refractivity contribution is -0.607. The summed E-state index contributed by atoms with van der Waals surface area (Å²) >= 11 is 0. The first-order valence-electron chi connectivity index (χ1n) is 9.20. The van der Waals surface area contributed by atoms with Crippen LogP contribution >= 0.6 is 0 Å². The van der Waals surface area contributed by atoms with Crippen LogP contribution in [0.2, 0.25) is 0 Å². The van der Waals surface area contributed by atoms with Crippen molar-refractivity contribution < 1.29 is 19.1 Å². The molecule has 1 N–H and O–H groups in total. The van der Waals surface area contributed by atoms with E-state index in [4.69, 9.17) is 0 Å². The van der Waals surface area contributed by atoms with E-state index in [1.54, 1.807) is 0 Å². The number of aromatic nitrogens is 1. The summed E-state index contributed by atoms with van der Waals surface area (Å²) in [6.07, 6.45) is 12.2. The first kappa shape index (κ1) is 20.9. The molecule has 0 radical (unpaired) electrons. The molecule has 0 saturated carbocycles. The van der Waals surface area contributed by atoms with Crippen molar-refractivity contribution in [2.75, 3.05) is 12.4 Å². The number of nitrogens with zero attached hydrogens (tertiary/aromatic N) is 1. The maximum absolute atomic E-state index is 12.0. The number of nitrogens with one attached hydrogen (secondary N) is 1. The van der Waals surface area contributed by atoms with E-state index in [0.29, 0.717) is 11.2 Å². The number of rotatable bonds is 12. The molecule has 0 atom stereocenters. The van der Waals surface area contributed by atoms with Crippen molar-refractivity contribution in [1.82, 2.24) is 0 Å². The van der Waals surface area contributed by atoms with Crippen LogP contribution < -0.4 is 10.0 Å². The standard InChI is InChI=1S/C19H30N2O4/c1-3-4-5-6-7-8-9-10-11-14-17(22)20-16-13-12-15-21(24)18(16)19(23)25-2/h12-13,15H,3-11,14H2,1-2H3,(H,20,22). The molecule has 0 spiro atoms. The SMILES string of the molecule is CCCCCCCCCCCC(=O)Nc1ccc[n+]([O-])c1C(=O)OC. The molecule has 0 unspecified atom stereocenters. The van der Waals surface area contributed by atoms with Gasteiger partial charge in [0, 0.05) is 12.5 Å². The molecular formula is C19H30N2O4. The van der Waals surface area contributed by atoms with Crippen LogP contribution in [0.1, 0.15) is 81.6 Å². The lowest BCUT2D eigenvalue weighted by Gasteiger charge is -2.09. The number of hydrogen-bond acceptors (Lipinski definition) is 4. The van der Waals surface area contributed by atoms with Crippen LogP contribution in [0, 0.1) is 5.21 Å². The number of ether oxygens (including phenoxy) is 1. The molecule has 1 aromatic heterocycles. The third-order valence-electron chi connectivity index (χ3n) is 4.12. The Hall–Kier alpha value is -2.11. The minimum absolute atomic E-state index is 0.185. The number of unbranched alkanes of at least 4 members (excludes halogenated alkanes) is 8. The second-order valence-electron chi connectivity index (χ2n) is 6.21. The number of esters is 1. The average Bonchev–Trinajstić information content (AvgIpc) is 2.60. The fraction of sp³-hybridized carbons (Fsp3) is 0.632. The van der Waals surface area contributed by atoms with Gasteiger partial charge in [-0.25, -0.2) is 4.79 Å². The molecule has 0 aromatic carbocycles. The molecule has 0 aliphatic carbocycles. The molecule has 25 heavy (non-hydrogen) atoms. The molecule has 1 heterocycles. The van der Waals surface area contributed by atoms with Crippen LogP contribution in [0.5, 0.6) is 0 Å². The maximum Gasteiger partial charge on any atom is 0.407 e. The van der Waals surface area contributed by atoms with Gasteiger partial charge in [0.2, 0.25) is 5.91 Å². The first-order chi connectivity index (χ1) is 12.1. The molecule has 6 heteroatoms. The fourth-order valence-electron chi connectivity index (χ4n) is 2.70. The van der Waals surface area contributed by atoms with Gasteiger partial charge in [-0.2, -0.15) is 4.73 Å². The van der Waals surface area contributed by atoms with Crippen molar-refractivity contribution >= 4 is 17.6 Å². The molecule has 140 valence electrons. The largest absolute Gasteiger partial charge is 0.618 e. The average molecular weight is 350 g/mol. The zero-order valence-corrected chi connectivity index (χ0v) is 15.4. The van der Waals surface area contributed by atoms with E-state index < -0.39 is 5.97 Å². The van der Waals surface area contributed by atoms with Crippen LogP contribution in [0.4, 0.5) is 5.69 Å². The Balaban J connectivity index is 2.29. The van der Waals surface area contributed by atoms with E-state index in [2.05, 4.69) is 17.0 Å². The number of carbonyl (C=O) groups excluding carboxylic acids is 2. The Kier molecular flexibility index (Phi) is 10.3. The molecule has 1 aromatic rings. The highest BCUT2D eigenvalue weighted by atomic mass is 16.5. The predicted octanol–water partition coefficient (Wildman–Crippen LogP) is 3.97. The first-order valence-corrected chi connectivity index (χ1v) is 9.20. The number of carbonyl (C=O) groups is 2. The van der Waals surface area contributed by atoms with Gasteiger partial charge < -0.3 is 15.3 Å². The number of hydrogen-bond donors (Lipinski definition) is 1. The topological polar surface area (TPSA) is 82.3 Å². The normalized spacial score (nSPS) is 10.5. The van der Waals surface area contributed by atoms with Crippen LogP contribution in [-0.4, -0.2) is 19.0 Å². The quantitative estimate of drug-likeness (QED) is 0.268. The lowest BCUT2D eigenvalue weighted by Crippen LogP contribution is -2.36. The van der Waals surface area contributed by atoms with E-state index in [0.717, 1.165) is 19.3 Å². The highest BCUT2D eigenvalue weighted by molar-refractivity contribution is 5.98.